The van der Waals surface area contributed by atoms with Crippen molar-refractivity contribution >= 4 is 26.9 Å². The maximum Gasteiger partial charge on any atom is 0.216 e. The number of aliphatic imine (C=N–C) groups is 1. The van der Waals surface area contributed by atoms with E-state index in [0.29, 0.717) is 48.4 Å². The number of nitrogens with one attached hydrogen (secondary N) is 2. The van der Waals surface area contributed by atoms with Crippen LogP contribution in [0, 0.1) is 5.82 Å². The molecule has 2 aliphatic heterocycles. The van der Waals surface area contributed by atoms with Crippen LogP contribution in [0.3, 0.4) is 0 Å². The van der Waals surface area contributed by atoms with Gasteiger partial charge in [0.1, 0.15) is 23.2 Å². The van der Waals surface area contributed by atoms with Gasteiger partial charge in [0.05, 0.1) is 10.9 Å². The molecule has 1 saturated carbocycles. The molecule has 5 rings (SSSR count). The van der Waals surface area contributed by atoms with E-state index >= 15 is 0 Å². The number of aromatic nitrogens is 1. The number of aliphatic hydroxyl groups is 1. The number of guanidine groups is 1. The summed E-state index contributed by atoms with van der Waals surface area (Å²) in [7, 11) is -3.19. The number of halogens is 2. The molecule has 1 aromatic carbocycles. The molecule has 188 valence electrons. The molecule has 35 heavy (non-hydrogen) atoms. The van der Waals surface area contributed by atoms with Crippen LogP contribution in [0.25, 0.3) is 10.9 Å². The Morgan fingerprint density at radius 3 is 2.54 bits per heavy atom. The van der Waals surface area contributed by atoms with Gasteiger partial charge in [-0.1, -0.05) is 0 Å². The second-order valence-electron chi connectivity index (χ2n) is 9.93. The summed E-state index contributed by atoms with van der Waals surface area (Å²) < 4.78 is 56.2. The molecule has 2 aromatic rings. The highest BCUT2D eigenvalue weighted by Gasteiger charge is 2.41. The summed E-state index contributed by atoms with van der Waals surface area (Å²) in [6, 6.07) is 3.36. The van der Waals surface area contributed by atoms with Gasteiger partial charge in [0.2, 0.25) is 10.0 Å². The van der Waals surface area contributed by atoms with Crippen LogP contribution in [0.4, 0.5) is 8.78 Å². The molecule has 3 heterocycles. The van der Waals surface area contributed by atoms with Crippen molar-refractivity contribution in [2.75, 3.05) is 13.1 Å². The van der Waals surface area contributed by atoms with Crippen LogP contribution in [0.5, 0.6) is 0 Å². The Morgan fingerprint density at radius 2 is 1.89 bits per heavy atom. The van der Waals surface area contributed by atoms with Crippen LogP contribution in [-0.4, -0.2) is 53.2 Å². The second-order valence-corrected chi connectivity index (χ2v) is 12.1. The number of hydrogen-bond acceptors (Lipinski definition) is 7. The first-order valence-electron chi connectivity index (χ1n) is 11.8. The first-order chi connectivity index (χ1) is 16.5. The van der Waals surface area contributed by atoms with E-state index in [1.807, 2.05) is 0 Å². The summed E-state index contributed by atoms with van der Waals surface area (Å²) in [5.74, 6) is -0.855. The third kappa shape index (κ3) is 4.76. The highest BCUT2D eigenvalue weighted by molar-refractivity contribution is 7.90. The molecule has 2 fully saturated rings. The molecular weight excluding hydrogens is 476 g/mol. The second kappa shape index (κ2) is 8.79. The van der Waals surface area contributed by atoms with Crippen molar-refractivity contribution in [2.24, 2.45) is 4.99 Å². The zero-order valence-electron chi connectivity index (χ0n) is 19.6. The van der Waals surface area contributed by atoms with Crippen molar-refractivity contribution < 1.29 is 22.3 Å². The van der Waals surface area contributed by atoms with Crippen molar-refractivity contribution in [2.45, 2.75) is 62.5 Å². The van der Waals surface area contributed by atoms with Crippen LogP contribution in [-0.2, 0) is 15.6 Å². The fraction of sp³-hybridized carbons (Fsp3) is 0.500. The van der Waals surface area contributed by atoms with E-state index in [2.05, 4.69) is 20.6 Å². The Morgan fingerprint density at radius 1 is 1.17 bits per heavy atom. The lowest BCUT2D eigenvalue weighted by Gasteiger charge is -2.33. The quantitative estimate of drug-likeness (QED) is 0.577. The Hall–Kier alpha value is -2.63. The predicted molar refractivity (Wildman–Crippen MR) is 129 cm³/mol. The standard InChI is InChI=1S/C24H29F2N5O3S/c1-24(2,32)18-5-8-27-22-17(18)11-14(12-19(22)25)21-20(26)13-28-23(30-21)29-15-6-9-31(10-7-15)35(33,34)16-3-4-16/h5,8,11-13,15-16,21,32H,3-4,6-7,9-10H2,1-2H3,(H2,28,29,30). The maximum atomic E-state index is 14.9. The molecule has 0 bridgehead atoms. The molecule has 1 unspecified atom stereocenters. The van der Waals surface area contributed by atoms with Crippen molar-refractivity contribution in [3.05, 3.63) is 53.4 Å². The van der Waals surface area contributed by atoms with E-state index in [-0.39, 0.29) is 16.8 Å². The number of hydrogen-bond donors (Lipinski definition) is 3. The number of pyridine rings is 1. The minimum absolute atomic E-state index is 0.0264. The molecule has 3 N–H and O–H groups in total. The molecule has 1 aliphatic carbocycles. The minimum atomic E-state index is -3.19. The van der Waals surface area contributed by atoms with Gasteiger partial charge in [-0.05, 0) is 68.9 Å². The third-order valence-electron chi connectivity index (χ3n) is 6.76. The number of rotatable bonds is 5. The van der Waals surface area contributed by atoms with Gasteiger partial charge in [-0.2, -0.15) is 0 Å². The van der Waals surface area contributed by atoms with Gasteiger partial charge in [0, 0.05) is 36.9 Å². The fourth-order valence-corrected chi connectivity index (χ4v) is 6.58. The zero-order chi connectivity index (χ0) is 25.0. The lowest BCUT2D eigenvalue weighted by atomic mass is 9.92. The van der Waals surface area contributed by atoms with Crippen LogP contribution < -0.4 is 10.6 Å². The first-order valence-corrected chi connectivity index (χ1v) is 13.3. The fourth-order valence-electron chi connectivity index (χ4n) is 4.71. The van der Waals surface area contributed by atoms with E-state index in [4.69, 9.17) is 0 Å². The number of nitrogens with zero attached hydrogens (tertiary/aromatic N) is 3. The van der Waals surface area contributed by atoms with Crippen LogP contribution in [0.15, 0.2) is 41.4 Å². The first kappa shape index (κ1) is 24.1. The highest BCUT2D eigenvalue weighted by atomic mass is 32.2. The Bertz CT molecular complexity index is 1310. The smallest absolute Gasteiger partial charge is 0.216 e. The van der Waals surface area contributed by atoms with Gasteiger partial charge in [-0.15, -0.1) is 0 Å². The Balaban J connectivity index is 1.36. The third-order valence-corrected chi connectivity index (χ3v) is 9.16. The molecule has 1 saturated heterocycles. The van der Waals surface area contributed by atoms with Crippen LogP contribution in [0.2, 0.25) is 0 Å². The highest BCUT2D eigenvalue weighted by Crippen LogP contribution is 2.35. The van der Waals surface area contributed by atoms with E-state index < -0.39 is 33.3 Å². The Labute approximate surface area is 203 Å². The van der Waals surface area contributed by atoms with Gasteiger partial charge in [-0.3, -0.25) is 4.98 Å². The molecule has 3 aliphatic rings. The minimum Gasteiger partial charge on any atom is -0.386 e. The molecule has 0 amide bonds. The summed E-state index contributed by atoms with van der Waals surface area (Å²) in [4.78, 5) is 8.53. The predicted octanol–water partition coefficient (Wildman–Crippen LogP) is 2.96. The number of fused-ring (bicyclic) bond motifs is 1. The number of sulfonamides is 1. The normalized spacial score (nSPS) is 22.5. The molecular formula is C24H29F2N5O3S. The summed E-state index contributed by atoms with van der Waals surface area (Å²) in [5, 5.41) is 16.7. The van der Waals surface area contributed by atoms with Gasteiger partial charge < -0.3 is 15.7 Å². The number of piperidine rings is 1. The average molecular weight is 506 g/mol. The molecule has 1 atom stereocenters. The summed E-state index contributed by atoms with van der Waals surface area (Å²) >= 11 is 0. The number of benzene rings is 1. The van der Waals surface area contributed by atoms with Gasteiger partial charge >= 0.3 is 0 Å². The van der Waals surface area contributed by atoms with Gasteiger partial charge in [0.15, 0.2) is 5.96 Å². The topological polar surface area (TPSA) is 107 Å². The van der Waals surface area contributed by atoms with Crippen molar-refractivity contribution in [1.29, 1.82) is 0 Å². The van der Waals surface area contributed by atoms with E-state index in [1.54, 1.807) is 30.3 Å². The van der Waals surface area contributed by atoms with E-state index in [1.165, 1.54) is 18.5 Å². The summed E-state index contributed by atoms with van der Waals surface area (Å²) in [6.45, 7) is 4.05. The maximum absolute atomic E-state index is 14.9. The summed E-state index contributed by atoms with van der Waals surface area (Å²) in [5.41, 5.74) is -0.362. The van der Waals surface area contributed by atoms with Crippen LogP contribution >= 0.6 is 0 Å². The molecule has 1 aromatic heterocycles. The average Bonchev–Trinajstić information content (AvgIpc) is 3.66. The molecule has 0 radical (unpaired) electrons. The zero-order valence-corrected chi connectivity index (χ0v) is 20.4. The van der Waals surface area contributed by atoms with E-state index in [0.717, 1.165) is 12.8 Å². The molecule has 8 nitrogen and oxygen atoms in total. The molecule has 0 spiro atoms. The lowest BCUT2D eigenvalue weighted by Crippen LogP contribution is -2.50. The largest absolute Gasteiger partial charge is 0.386 e. The monoisotopic (exact) mass is 505 g/mol. The molecule has 11 heteroatoms. The van der Waals surface area contributed by atoms with Crippen molar-refractivity contribution in [3.63, 3.8) is 0 Å². The van der Waals surface area contributed by atoms with Crippen LogP contribution in [0.1, 0.15) is 56.7 Å². The Kier molecular flexibility index (Phi) is 6.05. The lowest BCUT2D eigenvalue weighted by molar-refractivity contribution is 0.0801. The van der Waals surface area contributed by atoms with Gasteiger partial charge in [-0.25, -0.2) is 26.5 Å². The van der Waals surface area contributed by atoms with Crippen molar-refractivity contribution in [3.8, 4) is 0 Å². The van der Waals surface area contributed by atoms with Gasteiger partial charge in [0.25, 0.3) is 0 Å². The SMILES string of the molecule is CC(C)(O)c1ccnc2c(F)cc(C3N=C(NC4CCN(S(=O)(=O)C5CC5)CC4)NC=C3F)cc12. The van der Waals surface area contributed by atoms with E-state index in [9.17, 15) is 22.3 Å². The van der Waals surface area contributed by atoms with Crippen molar-refractivity contribution in [1.82, 2.24) is 19.9 Å². The summed E-state index contributed by atoms with van der Waals surface area (Å²) in [6.07, 6.45) is 5.32.